The Bertz CT molecular complexity index is 358. The maximum Gasteiger partial charge on any atom is 0.503 e. The number of nitrogens with one attached hydrogen (secondary N) is 1. The fraction of sp³-hybridized carbons (Fsp3) is 0.125. The van der Waals surface area contributed by atoms with Crippen LogP contribution in [0.1, 0.15) is 5.69 Å². The largest absolute Gasteiger partial charge is 0.503 e. The highest BCUT2D eigenvalue weighted by Crippen LogP contribution is 1.93. The Morgan fingerprint density at radius 3 is 2.71 bits per heavy atom. The third-order valence-corrected chi connectivity index (χ3v) is 1.31. The molecule has 0 aromatic carbocycles. The number of carbonyl (C=O) groups is 1. The number of H-pyrrole nitrogens is 1. The van der Waals surface area contributed by atoms with Gasteiger partial charge in [0.15, 0.2) is 4.77 Å². The van der Waals surface area contributed by atoms with Gasteiger partial charge in [-0.05, 0) is 18.3 Å². The molecule has 0 aliphatic rings. The summed E-state index contributed by atoms with van der Waals surface area (Å²) in [5, 5.41) is 13.9. The lowest BCUT2D eigenvalue weighted by atomic mass is 10.3. The van der Waals surface area contributed by atoms with Gasteiger partial charge in [-0.2, -0.15) is 0 Å². The van der Waals surface area contributed by atoms with E-state index in [0.717, 1.165) is 12.1 Å². The van der Waals surface area contributed by atoms with Crippen LogP contribution in [0.4, 0.5) is 4.79 Å². The second-order valence-electron chi connectivity index (χ2n) is 2.18. The van der Waals surface area contributed by atoms with Crippen LogP contribution in [-0.2, 0) is 6.42 Å². The summed E-state index contributed by atoms with van der Waals surface area (Å²) in [6.45, 7) is 3.61. The Labute approximate surface area is 85.8 Å². The van der Waals surface area contributed by atoms with Crippen molar-refractivity contribution in [2.75, 3.05) is 0 Å². The Morgan fingerprint density at radius 1 is 1.71 bits per heavy atom. The summed E-state index contributed by atoms with van der Waals surface area (Å²) in [4.78, 5) is 15.3. The normalized spacial score (nSPS) is 8.29. The van der Waals surface area contributed by atoms with Gasteiger partial charge in [0.1, 0.15) is 0 Å². The van der Waals surface area contributed by atoms with E-state index in [1.165, 1.54) is 0 Å². The topological polar surface area (TPSA) is 86.2 Å². The highest BCUT2D eigenvalue weighted by Gasteiger charge is 1.85. The van der Waals surface area contributed by atoms with E-state index in [1.54, 1.807) is 6.20 Å². The molecule has 0 unspecified atom stereocenters. The number of hydrogen-bond donors (Lipinski definition) is 3. The number of allylic oxidation sites excluding steroid dienone is 1. The van der Waals surface area contributed by atoms with Crippen LogP contribution in [0.5, 0.6) is 0 Å². The van der Waals surface area contributed by atoms with Gasteiger partial charge in [0, 0.05) is 18.3 Å². The molecule has 0 radical (unpaired) electrons. The van der Waals surface area contributed by atoms with Crippen molar-refractivity contribution in [3.63, 3.8) is 0 Å². The average molecular weight is 214 g/mol. The summed E-state index contributed by atoms with van der Waals surface area (Å²) in [5.74, 6) is 0. The van der Waals surface area contributed by atoms with Gasteiger partial charge in [-0.25, -0.2) is 9.78 Å². The summed E-state index contributed by atoms with van der Waals surface area (Å²) in [6.07, 6.45) is 2.49. The SMILES string of the molecule is C=CCc1ccnc(=S)[nH]1.O=C(O)O. The molecule has 3 N–H and O–H groups in total. The molecule has 14 heavy (non-hydrogen) atoms. The average Bonchev–Trinajstić information content (AvgIpc) is 2.03. The molecule has 1 rings (SSSR count). The summed E-state index contributed by atoms with van der Waals surface area (Å²) in [6, 6.07) is 1.89. The maximum absolute atomic E-state index is 8.56. The van der Waals surface area contributed by atoms with Crippen molar-refractivity contribution in [1.82, 2.24) is 9.97 Å². The zero-order valence-electron chi connectivity index (χ0n) is 7.30. The molecular weight excluding hydrogens is 204 g/mol. The number of hydrogen-bond acceptors (Lipinski definition) is 3. The van der Waals surface area contributed by atoms with Crippen molar-refractivity contribution in [2.24, 2.45) is 0 Å². The van der Waals surface area contributed by atoms with E-state index in [1.807, 2.05) is 12.1 Å². The van der Waals surface area contributed by atoms with Crippen LogP contribution in [-0.4, -0.2) is 26.3 Å². The van der Waals surface area contributed by atoms with Crippen LogP contribution in [0.2, 0.25) is 0 Å². The minimum absolute atomic E-state index is 0.527. The number of nitrogens with zero attached hydrogens (tertiary/aromatic N) is 1. The summed E-state index contributed by atoms with van der Waals surface area (Å²) >= 11 is 4.81. The first-order chi connectivity index (χ1) is 6.56. The highest BCUT2D eigenvalue weighted by molar-refractivity contribution is 7.71. The smallest absolute Gasteiger partial charge is 0.450 e. The number of carboxylic acid groups (broad SMARTS) is 2. The molecule has 76 valence electrons. The van der Waals surface area contributed by atoms with E-state index in [2.05, 4.69) is 16.5 Å². The molecule has 0 spiro atoms. The molecule has 0 fully saturated rings. The van der Waals surface area contributed by atoms with Crippen molar-refractivity contribution in [1.29, 1.82) is 0 Å². The fourth-order valence-electron chi connectivity index (χ4n) is 0.681. The Balaban J connectivity index is 0.000000364. The van der Waals surface area contributed by atoms with Crippen molar-refractivity contribution >= 4 is 18.4 Å². The predicted octanol–water partition coefficient (Wildman–Crippen LogP) is 2.09. The van der Waals surface area contributed by atoms with Crippen LogP contribution in [0.15, 0.2) is 24.9 Å². The van der Waals surface area contributed by atoms with Crippen LogP contribution < -0.4 is 0 Å². The second kappa shape index (κ2) is 6.79. The molecule has 0 bridgehead atoms. The van der Waals surface area contributed by atoms with Gasteiger partial charge >= 0.3 is 6.16 Å². The van der Waals surface area contributed by atoms with Crippen LogP contribution in [0, 0.1) is 4.77 Å². The third kappa shape index (κ3) is 6.99. The third-order valence-electron chi connectivity index (χ3n) is 1.10. The molecule has 1 heterocycles. The lowest BCUT2D eigenvalue weighted by molar-refractivity contribution is 0.137. The molecule has 1 aromatic rings. The molecule has 6 heteroatoms. The Morgan fingerprint density at radius 2 is 2.29 bits per heavy atom. The number of rotatable bonds is 2. The highest BCUT2D eigenvalue weighted by atomic mass is 32.1. The monoisotopic (exact) mass is 214 g/mol. The lowest BCUT2D eigenvalue weighted by Gasteiger charge is -1.93. The second-order valence-corrected chi connectivity index (χ2v) is 2.56. The minimum atomic E-state index is -1.83. The first-order valence-corrected chi connectivity index (χ1v) is 4.04. The standard InChI is InChI=1S/C7H8N2S.CH2O3/c1-2-3-6-4-5-8-7(10)9-6;2-1(3)4/h2,4-5H,1,3H2,(H,8,9,10);(H2,2,3,4). The van der Waals surface area contributed by atoms with Gasteiger partial charge < -0.3 is 15.2 Å². The van der Waals surface area contributed by atoms with E-state index >= 15 is 0 Å². The van der Waals surface area contributed by atoms with Crippen molar-refractivity contribution in [3.8, 4) is 0 Å². The zero-order chi connectivity index (χ0) is 11.0. The van der Waals surface area contributed by atoms with Gasteiger partial charge in [0.2, 0.25) is 0 Å². The Kier molecular flexibility index (Phi) is 5.97. The quantitative estimate of drug-likeness (QED) is 0.518. The van der Waals surface area contributed by atoms with Gasteiger partial charge in [-0.3, -0.25) is 0 Å². The summed E-state index contributed by atoms with van der Waals surface area (Å²) in [7, 11) is 0. The van der Waals surface area contributed by atoms with Crippen LogP contribution in [0.3, 0.4) is 0 Å². The fourth-order valence-corrected chi connectivity index (χ4v) is 0.873. The molecular formula is C8H10N2O3S. The van der Waals surface area contributed by atoms with E-state index in [9.17, 15) is 0 Å². The molecule has 1 aromatic heterocycles. The Hall–Kier alpha value is -1.69. The molecule has 0 atom stereocenters. The van der Waals surface area contributed by atoms with E-state index in [4.69, 9.17) is 27.2 Å². The number of aromatic nitrogens is 2. The van der Waals surface area contributed by atoms with Gasteiger partial charge in [0.25, 0.3) is 0 Å². The molecule has 0 aliphatic carbocycles. The van der Waals surface area contributed by atoms with Crippen molar-refractivity contribution in [2.45, 2.75) is 6.42 Å². The van der Waals surface area contributed by atoms with Gasteiger partial charge in [0.05, 0.1) is 0 Å². The molecule has 0 aliphatic heterocycles. The zero-order valence-corrected chi connectivity index (χ0v) is 8.12. The van der Waals surface area contributed by atoms with Crippen molar-refractivity contribution < 1.29 is 15.0 Å². The predicted molar refractivity (Wildman–Crippen MR) is 54.0 cm³/mol. The molecule has 0 saturated heterocycles. The first-order valence-electron chi connectivity index (χ1n) is 3.63. The van der Waals surface area contributed by atoms with Crippen molar-refractivity contribution in [3.05, 3.63) is 35.4 Å². The summed E-state index contributed by atoms with van der Waals surface area (Å²) in [5.41, 5.74) is 1.05. The summed E-state index contributed by atoms with van der Waals surface area (Å²) < 4.78 is 0.527. The maximum atomic E-state index is 8.56. The van der Waals surface area contributed by atoms with Gasteiger partial charge in [-0.15, -0.1) is 6.58 Å². The molecule has 5 nitrogen and oxygen atoms in total. The molecule has 0 saturated carbocycles. The number of aromatic amines is 1. The minimum Gasteiger partial charge on any atom is -0.450 e. The van der Waals surface area contributed by atoms with Crippen LogP contribution >= 0.6 is 12.2 Å². The first kappa shape index (κ1) is 12.3. The van der Waals surface area contributed by atoms with E-state index in [0.29, 0.717) is 4.77 Å². The van der Waals surface area contributed by atoms with E-state index < -0.39 is 6.16 Å². The van der Waals surface area contributed by atoms with E-state index in [-0.39, 0.29) is 0 Å². The lowest BCUT2D eigenvalue weighted by Crippen LogP contribution is -1.88. The van der Waals surface area contributed by atoms with Crippen LogP contribution in [0.25, 0.3) is 0 Å². The van der Waals surface area contributed by atoms with Gasteiger partial charge in [-0.1, -0.05) is 6.08 Å². The molecule has 0 amide bonds.